The second kappa shape index (κ2) is 8.94. The standard InChI is InChI=1S/C12H16O4.K/c1-3-11(12(13)14)16-10-7-5-9(6-8-10)15-4-2;/h5-8,11H,3-4H2,1-2H3,(H,13,14);/q;+1/p-1. The van der Waals surface area contributed by atoms with Crippen molar-refractivity contribution in [3.8, 4) is 11.5 Å². The maximum atomic E-state index is 10.6. The zero-order valence-corrected chi connectivity index (χ0v) is 13.6. The Kier molecular flexibility index (Phi) is 8.90. The number of benzene rings is 1. The molecule has 0 aliphatic heterocycles. The SMILES string of the molecule is CCOc1ccc(OC(CC)C(=O)[O-])cc1.[K+]. The molecule has 0 N–H and O–H groups in total. The number of aliphatic carboxylic acids is 1. The smallest absolute Gasteiger partial charge is 0.546 e. The molecular formula is C12H15KO4. The number of rotatable bonds is 6. The summed E-state index contributed by atoms with van der Waals surface area (Å²) in [6.07, 6.45) is -0.534. The first-order valence-electron chi connectivity index (χ1n) is 5.27. The van der Waals surface area contributed by atoms with E-state index in [9.17, 15) is 9.90 Å². The summed E-state index contributed by atoms with van der Waals surface area (Å²) >= 11 is 0. The first-order valence-corrected chi connectivity index (χ1v) is 5.27. The third-order valence-electron chi connectivity index (χ3n) is 2.05. The molecule has 0 aliphatic carbocycles. The Bertz CT molecular complexity index is 337. The van der Waals surface area contributed by atoms with E-state index in [2.05, 4.69) is 0 Å². The minimum atomic E-state index is -1.20. The average Bonchev–Trinajstić information content (AvgIpc) is 2.28. The van der Waals surface area contributed by atoms with E-state index in [0.29, 0.717) is 18.8 Å². The number of hydrogen-bond acceptors (Lipinski definition) is 4. The molecule has 0 heterocycles. The van der Waals surface area contributed by atoms with Crippen molar-refractivity contribution < 1.29 is 70.8 Å². The van der Waals surface area contributed by atoms with Gasteiger partial charge in [-0.1, -0.05) is 6.92 Å². The van der Waals surface area contributed by atoms with Crippen molar-refractivity contribution in [2.45, 2.75) is 26.4 Å². The summed E-state index contributed by atoms with van der Waals surface area (Å²) < 4.78 is 10.5. The largest absolute Gasteiger partial charge is 1.00 e. The van der Waals surface area contributed by atoms with Crippen LogP contribution in [0.2, 0.25) is 0 Å². The van der Waals surface area contributed by atoms with Crippen molar-refractivity contribution in [3.05, 3.63) is 24.3 Å². The Hall–Kier alpha value is -0.0736. The van der Waals surface area contributed by atoms with Gasteiger partial charge in [0.25, 0.3) is 0 Å². The van der Waals surface area contributed by atoms with E-state index >= 15 is 0 Å². The van der Waals surface area contributed by atoms with Crippen LogP contribution in [0.15, 0.2) is 24.3 Å². The molecule has 0 spiro atoms. The molecule has 4 nitrogen and oxygen atoms in total. The summed E-state index contributed by atoms with van der Waals surface area (Å²) in [5.41, 5.74) is 0. The van der Waals surface area contributed by atoms with E-state index < -0.39 is 12.1 Å². The molecule has 1 unspecified atom stereocenters. The number of carboxylic acids is 1. The summed E-state index contributed by atoms with van der Waals surface area (Å²) in [6, 6.07) is 6.83. The van der Waals surface area contributed by atoms with Crippen LogP contribution in [0, 0.1) is 0 Å². The molecule has 0 bridgehead atoms. The molecule has 1 aromatic carbocycles. The number of carboxylic acid groups (broad SMARTS) is 1. The second-order valence-corrected chi connectivity index (χ2v) is 3.24. The van der Waals surface area contributed by atoms with Gasteiger partial charge in [0, 0.05) is 0 Å². The van der Waals surface area contributed by atoms with Gasteiger partial charge in [-0.25, -0.2) is 0 Å². The molecule has 0 aromatic heterocycles. The van der Waals surface area contributed by atoms with Crippen LogP contribution in [0.5, 0.6) is 11.5 Å². The Morgan fingerprint density at radius 1 is 1.24 bits per heavy atom. The Balaban J connectivity index is 0.00000256. The molecule has 1 rings (SSSR count). The Morgan fingerprint density at radius 3 is 2.18 bits per heavy atom. The minimum Gasteiger partial charge on any atom is -0.546 e. The van der Waals surface area contributed by atoms with Crippen molar-refractivity contribution >= 4 is 5.97 Å². The molecule has 88 valence electrons. The topological polar surface area (TPSA) is 58.6 Å². The molecule has 0 saturated carbocycles. The maximum absolute atomic E-state index is 10.6. The third kappa shape index (κ3) is 5.88. The summed E-state index contributed by atoms with van der Waals surface area (Å²) in [5, 5.41) is 10.6. The summed E-state index contributed by atoms with van der Waals surface area (Å²) in [4.78, 5) is 10.6. The van der Waals surface area contributed by atoms with Gasteiger partial charge in [0.05, 0.1) is 12.6 Å². The number of carbonyl (C=O) groups excluding carboxylic acids is 1. The number of hydrogen-bond donors (Lipinski definition) is 0. The van der Waals surface area contributed by atoms with E-state index in [1.807, 2.05) is 6.92 Å². The van der Waals surface area contributed by atoms with Crippen LogP contribution in [0.1, 0.15) is 20.3 Å². The van der Waals surface area contributed by atoms with Gasteiger partial charge in [0.2, 0.25) is 0 Å². The molecular weight excluding hydrogens is 247 g/mol. The molecule has 0 saturated heterocycles. The number of carbonyl (C=O) groups is 1. The Labute approximate surface area is 144 Å². The molecule has 0 amide bonds. The van der Waals surface area contributed by atoms with E-state index in [-0.39, 0.29) is 51.4 Å². The molecule has 0 radical (unpaired) electrons. The van der Waals surface area contributed by atoms with E-state index in [1.165, 1.54) is 0 Å². The Morgan fingerprint density at radius 2 is 1.76 bits per heavy atom. The molecule has 0 aliphatic rings. The predicted molar refractivity (Wildman–Crippen MR) is 57.3 cm³/mol. The zero-order valence-electron chi connectivity index (χ0n) is 10.4. The van der Waals surface area contributed by atoms with E-state index in [1.54, 1.807) is 31.2 Å². The van der Waals surface area contributed by atoms with Crippen LogP contribution < -0.4 is 66.0 Å². The van der Waals surface area contributed by atoms with Gasteiger partial charge in [0.15, 0.2) is 0 Å². The van der Waals surface area contributed by atoms with Crippen LogP contribution in [-0.2, 0) is 4.79 Å². The quantitative estimate of drug-likeness (QED) is 0.556. The summed E-state index contributed by atoms with van der Waals surface area (Å²) in [7, 11) is 0. The summed E-state index contributed by atoms with van der Waals surface area (Å²) in [6.45, 7) is 4.22. The fourth-order valence-corrected chi connectivity index (χ4v) is 1.24. The van der Waals surface area contributed by atoms with Gasteiger partial charge in [0.1, 0.15) is 17.6 Å². The van der Waals surface area contributed by atoms with Crippen molar-refractivity contribution in [1.29, 1.82) is 0 Å². The third-order valence-corrected chi connectivity index (χ3v) is 2.05. The van der Waals surface area contributed by atoms with Crippen molar-refractivity contribution in [2.24, 2.45) is 0 Å². The van der Waals surface area contributed by atoms with E-state index in [0.717, 1.165) is 5.75 Å². The van der Waals surface area contributed by atoms with Gasteiger partial charge in [-0.15, -0.1) is 0 Å². The first kappa shape index (κ1) is 16.9. The molecule has 1 aromatic rings. The van der Waals surface area contributed by atoms with Crippen molar-refractivity contribution in [2.75, 3.05) is 6.61 Å². The van der Waals surface area contributed by atoms with Crippen LogP contribution in [0.25, 0.3) is 0 Å². The molecule has 0 fully saturated rings. The van der Waals surface area contributed by atoms with Gasteiger partial charge >= 0.3 is 51.4 Å². The molecule has 17 heavy (non-hydrogen) atoms. The van der Waals surface area contributed by atoms with Crippen molar-refractivity contribution in [3.63, 3.8) is 0 Å². The normalized spacial score (nSPS) is 11.2. The van der Waals surface area contributed by atoms with Crippen LogP contribution in [0.4, 0.5) is 0 Å². The second-order valence-electron chi connectivity index (χ2n) is 3.24. The van der Waals surface area contributed by atoms with Gasteiger partial charge in [-0.05, 0) is 37.6 Å². The predicted octanol–water partition coefficient (Wildman–Crippen LogP) is -2.00. The molecule has 1 atom stereocenters. The fourth-order valence-electron chi connectivity index (χ4n) is 1.24. The maximum Gasteiger partial charge on any atom is 1.00 e. The minimum absolute atomic E-state index is 0. The average molecular weight is 262 g/mol. The van der Waals surface area contributed by atoms with Gasteiger partial charge in [-0.3, -0.25) is 0 Å². The first-order chi connectivity index (χ1) is 7.67. The monoisotopic (exact) mass is 262 g/mol. The van der Waals surface area contributed by atoms with Gasteiger partial charge in [-0.2, -0.15) is 0 Å². The van der Waals surface area contributed by atoms with Gasteiger partial charge < -0.3 is 19.4 Å². The van der Waals surface area contributed by atoms with Crippen molar-refractivity contribution in [1.82, 2.24) is 0 Å². The van der Waals surface area contributed by atoms with E-state index in [4.69, 9.17) is 9.47 Å². The van der Waals surface area contributed by atoms with Crippen LogP contribution in [0.3, 0.4) is 0 Å². The zero-order chi connectivity index (χ0) is 12.0. The van der Waals surface area contributed by atoms with Crippen LogP contribution >= 0.6 is 0 Å². The summed E-state index contributed by atoms with van der Waals surface area (Å²) in [5.74, 6) is 0.0345. The number of ether oxygens (including phenoxy) is 2. The van der Waals surface area contributed by atoms with Crippen LogP contribution in [-0.4, -0.2) is 18.7 Å². The molecule has 5 heteroatoms. The fraction of sp³-hybridized carbons (Fsp3) is 0.417.